The van der Waals surface area contributed by atoms with Crippen LogP contribution in [0, 0.1) is 0 Å². The molecular formula is C31H36O6S. The topological polar surface area (TPSA) is 104 Å². The van der Waals surface area contributed by atoms with Crippen molar-refractivity contribution < 1.29 is 27.9 Å². The van der Waals surface area contributed by atoms with Gasteiger partial charge in [0.2, 0.25) is 0 Å². The molecule has 38 heavy (non-hydrogen) atoms. The minimum Gasteiger partial charge on any atom is -0.508 e. The zero-order valence-corrected chi connectivity index (χ0v) is 22.3. The lowest BCUT2D eigenvalue weighted by molar-refractivity contribution is 0.0263. The third kappa shape index (κ3) is 7.47. The molecule has 0 saturated heterocycles. The molecule has 0 aromatic heterocycles. The number of ether oxygens (including phenoxy) is 1. The van der Waals surface area contributed by atoms with E-state index in [1.54, 1.807) is 18.2 Å². The number of aliphatic hydroxyl groups excluding tert-OH is 1. The van der Waals surface area contributed by atoms with E-state index in [1.807, 2.05) is 42.5 Å². The molecule has 0 unspecified atom stereocenters. The van der Waals surface area contributed by atoms with Crippen LogP contribution < -0.4 is 4.74 Å². The second-order valence-corrected chi connectivity index (χ2v) is 11.7. The first kappa shape index (κ1) is 27.9. The van der Waals surface area contributed by atoms with E-state index < -0.39 is 21.5 Å². The van der Waals surface area contributed by atoms with E-state index in [9.17, 15) is 23.2 Å². The number of benzene rings is 3. The van der Waals surface area contributed by atoms with Gasteiger partial charge in [0.15, 0.2) is 0 Å². The number of aliphatic hydroxyl groups is 1. The third-order valence-electron chi connectivity index (χ3n) is 7.33. The summed E-state index contributed by atoms with van der Waals surface area (Å²) in [7, 11) is -4.26. The van der Waals surface area contributed by atoms with Crippen molar-refractivity contribution in [2.24, 2.45) is 0 Å². The van der Waals surface area contributed by atoms with E-state index in [2.05, 4.69) is 12.1 Å². The summed E-state index contributed by atoms with van der Waals surface area (Å²) in [6.07, 6.45) is 8.35. The smallest absolute Gasteiger partial charge is 0.268 e. The number of allylic oxidation sites excluding steroid dienone is 1. The van der Waals surface area contributed by atoms with E-state index in [0.29, 0.717) is 12.0 Å². The number of hydrogen-bond donors (Lipinski definition) is 3. The second-order valence-electron chi connectivity index (χ2n) is 10.0. The van der Waals surface area contributed by atoms with Crippen LogP contribution in [0.1, 0.15) is 67.7 Å². The highest BCUT2D eigenvalue weighted by Crippen LogP contribution is 2.41. The number of aromatic hydroxyl groups is 1. The van der Waals surface area contributed by atoms with E-state index in [-0.39, 0.29) is 24.2 Å². The van der Waals surface area contributed by atoms with Crippen molar-refractivity contribution in [3.05, 3.63) is 108 Å². The van der Waals surface area contributed by atoms with Gasteiger partial charge in [-0.25, -0.2) is 0 Å². The van der Waals surface area contributed by atoms with Crippen molar-refractivity contribution in [1.29, 1.82) is 0 Å². The third-order valence-corrected chi connectivity index (χ3v) is 8.60. The Labute approximate surface area is 225 Å². The van der Waals surface area contributed by atoms with Gasteiger partial charge in [-0.15, -0.1) is 0 Å². The molecule has 4 rings (SSSR count). The lowest BCUT2D eigenvalue weighted by Gasteiger charge is -2.38. The summed E-state index contributed by atoms with van der Waals surface area (Å²) >= 11 is 0. The minimum atomic E-state index is -4.26. The first-order valence-corrected chi connectivity index (χ1v) is 14.7. The van der Waals surface area contributed by atoms with Crippen LogP contribution in [0.2, 0.25) is 0 Å². The van der Waals surface area contributed by atoms with Gasteiger partial charge < -0.3 is 14.9 Å². The Morgan fingerprint density at radius 3 is 2.18 bits per heavy atom. The summed E-state index contributed by atoms with van der Waals surface area (Å²) < 4.78 is 40.3. The normalized spacial score (nSPS) is 17.2. The Morgan fingerprint density at radius 1 is 0.895 bits per heavy atom. The maximum Gasteiger partial charge on any atom is 0.268 e. The molecule has 1 saturated carbocycles. The average molecular weight is 537 g/mol. The SMILES string of the molecule is O=S(=O)(O)[C@@H](CC=C[C@@H](O)c1ccc(O)cc1)CCc1ccc(OC2(c3ccccc3)CCCCC2)cc1. The highest BCUT2D eigenvalue weighted by molar-refractivity contribution is 7.86. The number of rotatable bonds is 11. The molecule has 202 valence electrons. The average Bonchev–Trinajstić information content (AvgIpc) is 2.92. The molecule has 0 spiro atoms. The highest BCUT2D eigenvalue weighted by atomic mass is 32.2. The van der Waals surface area contributed by atoms with Crippen LogP contribution in [-0.2, 0) is 22.1 Å². The van der Waals surface area contributed by atoms with Crippen molar-refractivity contribution in [3.63, 3.8) is 0 Å². The van der Waals surface area contributed by atoms with Gasteiger partial charge in [-0.05, 0) is 85.9 Å². The number of phenols is 1. The molecule has 0 amide bonds. The van der Waals surface area contributed by atoms with E-state index in [1.165, 1.54) is 30.2 Å². The summed E-state index contributed by atoms with van der Waals surface area (Å²) in [5.74, 6) is 0.887. The Bertz CT molecular complexity index is 1280. The lowest BCUT2D eigenvalue weighted by atomic mass is 9.79. The Hall–Kier alpha value is -3.13. The van der Waals surface area contributed by atoms with E-state index >= 15 is 0 Å². The summed E-state index contributed by atoms with van der Waals surface area (Å²) in [5.41, 5.74) is 2.40. The molecule has 3 N–H and O–H groups in total. The van der Waals surface area contributed by atoms with Crippen molar-refractivity contribution in [1.82, 2.24) is 0 Å². The van der Waals surface area contributed by atoms with Gasteiger partial charge in [0.05, 0.1) is 11.4 Å². The van der Waals surface area contributed by atoms with E-state index in [0.717, 1.165) is 37.0 Å². The van der Waals surface area contributed by atoms with Crippen molar-refractivity contribution in [2.45, 2.75) is 68.3 Å². The number of phenolic OH excluding ortho intramolecular Hbond substituents is 1. The fourth-order valence-corrected chi connectivity index (χ4v) is 5.89. The van der Waals surface area contributed by atoms with Crippen LogP contribution in [-0.4, -0.2) is 28.4 Å². The van der Waals surface area contributed by atoms with Gasteiger partial charge in [-0.1, -0.05) is 73.2 Å². The maximum absolute atomic E-state index is 12.0. The zero-order valence-electron chi connectivity index (χ0n) is 21.4. The van der Waals surface area contributed by atoms with Gasteiger partial charge in [0.25, 0.3) is 10.1 Å². The van der Waals surface area contributed by atoms with Crippen LogP contribution in [0.5, 0.6) is 11.5 Å². The van der Waals surface area contributed by atoms with Crippen LogP contribution in [0.3, 0.4) is 0 Å². The Balaban J connectivity index is 1.36. The molecule has 6 nitrogen and oxygen atoms in total. The van der Waals surface area contributed by atoms with Crippen LogP contribution >= 0.6 is 0 Å². The molecule has 3 aromatic rings. The largest absolute Gasteiger partial charge is 0.508 e. The number of hydrogen-bond acceptors (Lipinski definition) is 5. The molecule has 0 aliphatic heterocycles. The Kier molecular flexibility index (Phi) is 9.26. The first-order chi connectivity index (χ1) is 18.2. The molecular weight excluding hydrogens is 500 g/mol. The fraction of sp³-hybridized carbons (Fsp3) is 0.355. The van der Waals surface area contributed by atoms with Crippen molar-refractivity contribution in [3.8, 4) is 11.5 Å². The highest BCUT2D eigenvalue weighted by Gasteiger charge is 2.36. The summed E-state index contributed by atoms with van der Waals surface area (Å²) in [6, 6.07) is 24.3. The quantitative estimate of drug-likeness (QED) is 0.191. The molecule has 0 bridgehead atoms. The summed E-state index contributed by atoms with van der Waals surface area (Å²) in [5, 5.41) is 18.7. The molecule has 7 heteroatoms. The first-order valence-electron chi connectivity index (χ1n) is 13.2. The second kappa shape index (κ2) is 12.6. The molecule has 0 radical (unpaired) electrons. The maximum atomic E-state index is 12.0. The van der Waals surface area contributed by atoms with Crippen LogP contribution in [0.4, 0.5) is 0 Å². The van der Waals surface area contributed by atoms with Crippen molar-refractivity contribution in [2.75, 3.05) is 0 Å². The molecule has 3 aromatic carbocycles. The van der Waals surface area contributed by atoms with Gasteiger partial charge >= 0.3 is 0 Å². The molecule has 2 atom stereocenters. The van der Waals surface area contributed by atoms with Gasteiger partial charge in [-0.3, -0.25) is 4.55 Å². The molecule has 1 aliphatic rings. The molecule has 1 aliphatic carbocycles. The lowest BCUT2D eigenvalue weighted by Crippen LogP contribution is -2.35. The van der Waals surface area contributed by atoms with Gasteiger partial charge in [-0.2, -0.15) is 8.42 Å². The number of aryl methyl sites for hydroxylation is 1. The fourth-order valence-electron chi connectivity index (χ4n) is 5.12. The monoisotopic (exact) mass is 536 g/mol. The zero-order chi connectivity index (χ0) is 27.0. The molecule has 1 fully saturated rings. The van der Waals surface area contributed by atoms with Crippen LogP contribution in [0.25, 0.3) is 0 Å². The summed E-state index contributed by atoms with van der Waals surface area (Å²) in [6.45, 7) is 0. The predicted octanol–water partition coefficient (Wildman–Crippen LogP) is 6.50. The van der Waals surface area contributed by atoms with Crippen molar-refractivity contribution >= 4 is 10.1 Å². The molecule has 0 heterocycles. The Morgan fingerprint density at radius 2 is 1.55 bits per heavy atom. The van der Waals surface area contributed by atoms with Gasteiger partial charge in [0.1, 0.15) is 17.1 Å². The van der Waals surface area contributed by atoms with Gasteiger partial charge in [0, 0.05) is 0 Å². The summed E-state index contributed by atoms with van der Waals surface area (Å²) in [4.78, 5) is 0. The standard InChI is InChI=1S/C31H36O6S/c32-27-17-15-25(16-18-27)30(33)11-7-10-29(38(34,35)36)21-14-24-12-19-28(20-13-24)37-31(22-5-2-6-23-31)26-8-3-1-4-9-26/h1,3-4,7-9,11-13,15-20,29-30,32-33H,2,5-6,10,14,21-23H2,(H,34,35,36)/t29-,30+/m0/s1. The predicted molar refractivity (Wildman–Crippen MR) is 149 cm³/mol. The minimum absolute atomic E-state index is 0.0781. The van der Waals surface area contributed by atoms with Crippen LogP contribution in [0.15, 0.2) is 91.0 Å². The van der Waals surface area contributed by atoms with E-state index in [4.69, 9.17) is 4.74 Å².